The summed E-state index contributed by atoms with van der Waals surface area (Å²) in [5.41, 5.74) is -0.489. The van der Waals surface area contributed by atoms with Gasteiger partial charge in [-0.1, -0.05) is 12.1 Å². The maximum absolute atomic E-state index is 11.3. The number of esters is 1. The van der Waals surface area contributed by atoms with E-state index in [9.17, 15) is 9.90 Å². The van der Waals surface area contributed by atoms with E-state index >= 15 is 0 Å². The summed E-state index contributed by atoms with van der Waals surface area (Å²) >= 11 is 0. The molecule has 0 aromatic heterocycles. The molecular weight excluding hydrogens is 246 g/mol. The molecule has 1 unspecified atom stereocenters. The Morgan fingerprint density at radius 3 is 2.42 bits per heavy atom. The molecule has 0 spiro atoms. The lowest BCUT2D eigenvalue weighted by Crippen LogP contribution is -2.46. The fraction of sp³-hybridized carbons (Fsp3) is 0.500. The fourth-order valence-electron chi connectivity index (χ4n) is 1.65. The minimum absolute atomic E-state index is 0.00189. The normalized spacial score (nSPS) is 15.4. The molecule has 106 valence electrons. The molecular formula is C14H21NO4. The van der Waals surface area contributed by atoms with Gasteiger partial charge in [-0.05, 0) is 31.5 Å². The number of nitrogens with one attached hydrogen (secondary N) is 1. The van der Waals surface area contributed by atoms with E-state index in [0.717, 1.165) is 11.3 Å². The lowest BCUT2D eigenvalue weighted by Gasteiger charge is -2.23. The Bertz CT molecular complexity index is 414. The van der Waals surface area contributed by atoms with Gasteiger partial charge in [-0.25, -0.2) is 4.79 Å². The standard InChI is InChI=1S/C14H21NO4/c1-10(11-5-7-12(18-3)8-6-11)15-9-14(2,17)13(16)19-4/h5-8,10,15,17H,9H2,1-4H3/t10-,14?/m1/s1. The minimum atomic E-state index is -1.53. The zero-order valence-corrected chi connectivity index (χ0v) is 11.8. The number of hydrogen-bond acceptors (Lipinski definition) is 5. The average Bonchev–Trinajstić information content (AvgIpc) is 2.43. The highest BCUT2D eigenvalue weighted by Gasteiger charge is 2.31. The number of rotatable bonds is 6. The molecule has 5 nitrogen and oxygen atoms in total. The van der Waals surface area contributed by atoms with Crippen LogP contribution in [0.4, 0.5) is 0 Å². The van der Waals surface area contributed by atoms with Crippen molar-refractivity contribution >= 4 is 5.97 Å². The summed E-state index contributed by atoms with van der Waals surface area (Å²) in [6, 6.07) is 7.60. The van der Waals surface area contributed by atoms with Crippen LogP contribution in [0.1, 0.15) is 25.5 Å². The van der Waals surface area contributed by atoms with E-state index in [4.69, 9.17) is 4.74 Å². The van der Waals surface area contributed by atoms with Crippen LogP contribution in [0.25, 0.3) is 0 Å². The lowest BCUT2D eigenvalue weighted by atomic mass is 10.0. The maximum Gasteiger partial charge on any atom is 0.338 e. The molecule has 1 rings (SSSR count). The molecule has 0 amide bonds. The molecule has 5 heteroatoms. The molecule has 2 atom stereocenters. The van der Waals surface area contributed by atoms with Gasteiger partial charge >= 0.3 is 5.97 Å². The van der Waals surface area contributed by atoms with Gasteiger partial charge in [0.1, 0.15) is 5.75 Å². The molecule has 19 heavy (non-hydrogen) atoms. The van der Waals surface area contributed by atoms with Crippen LogP contribution in [0, 0.1) is 0 Å². The molecule has 0 heterocycles. The number of methoxy groups -OCH3 is 2. The Kier molecular flexibility index (Phi) is 5.32. The second-order valence-electron chi connectivity index (χ2n) is 4.64. The molecule has 0 saturated carbocycles. The van der Waals surface area contributed by atoms with Gasteiger partial charge in [-0.15, -0.1) is 0 Å². The Hall–Kier alpha value is -1.59. The van der Waals surface area contributed by atoms with Gasteiger partial charge in [-0.3, -0.25) is 0 Å². The van der Waals surface area contributed by atoms with E-state index in [0.29, 0.717) is 0 Å². The molecule has 0 aliphatic rings. The average molecular weight is 267 g/mol. The largest absolute Gasteiger partial charge is 0.497 e. The first-order valence-corrected chi connectivity index (χ1v) is 6.09. The number of carbonyl (C=O) groups is 1. The van der Waals surface area contributed by atoms with Crippen LogP contribution in [0.2, 0.25) is 0 Å². The number of aliphatic hydroxyl groups is 1. The van der Waals surface area contributed by atoms with Gasteiger partial charge in [0.05, 0.1) is 14.2 Å². The number of carbonyl (C=O) groups excluding carboxylic acids is 1. The summed E-state index contributed by atoms with van der Waals surface area (Å²) in [5.74, 6) is 0.138. The summed E-state index contributed by atoms with van der Waals surface area (Å²) in [6.45, 7) is 3.49. The van der Waals surface area contributed by atoms with Crippen molar-refractivity contribution in [2.75, 3.05) is 20.8 Å². The van der Waals surface area contributed by atoms with Crippen molar-refractivity contribution in [3.63, 3.8) is 0 Å². The summed E-state index contributed by atoms with van der Waals surface area (Å²) in [6.07, 6.45) is 0. The topological polar surface area (TPSA) is 67.8 Å². The van der Waals surface area contributed by atoms with Crippen LogP contribution in [0.15, 0.2) is 24.3 Å². The van der Waals surface area contributed by atoms with E-state index in [2.05, 4.69) is 10.1 Å². The highest BCUT2D eigenvalue weighted by molar-refractivity contribution is 5.78. The Balaban J connectivity index is 2.59. The summed E-state index contributed by atoms with van der Waals surface area (Å²) < 4.78 is 9.63. The number of ether oxygens (including phenoxy) is 2. The Morgan fingerprint density at radius 1 is 1.37 bits per heavy atom. The van der Waals surface area contributed by atoms with Crippen LogP contribution < -0.4 is 10.1 Å². The smallest absolute Gasteiger partial charge is 0.338 e. The minimum Gasteiger partial charge on any atom is -0.497 e. The molecule has 0 fully saturated rings. The monoisotopic (exact) mass is 267 g/mol. The van der Waals surface area contributed by atoms with Gasteiger partial charge < -0.3 is 19.9 Å². The molecule has 1 aromatic rings. The van der Waals surface area contributed by atoms with Crippen LogP contribution in [-0.2, 0) is 9.53 Å². The maximum atomic E-state index is 11.3. The van der Waals surface area contributed by atoms with E-state index in [1.54, 1.807) is 7.11 Å². The SMILES string of the molecule is COC(=O)C(C)(O)CN[C@H](C)c1ccc(OC)cc1. The summed E-state index contributed by atoms with van der Waals surface area (Å²) in [4.78, 5) is 11.3. The zero-order chi connectivity index (χ0) is 14.5. The fourth-order valence-corrected chi connectivity index (χ4v) is 1.65. The first-order valence-electron chi connectivity index (χ1n) is 6.09. The van der Waals surface area contributed by atoms with Gasteiger partial charge in [0.2, 0.25) is 0 Å². The first-order chi connectivity index (χ1) is 8.90. The van der Waals surface area contributed by atoms with E-state index < -0.39 is 11.6 Å². The molecule has 2 N–H and O–H groups in total. The van der Waals surface area contributed by atoms with E-state index in [1.165, 1.54) is 14.0 Å². The second-order valence-corrected chi connectivity index (χ2v) is 4.64. The molecule has 0 aliphatic heterocycles. The predicted molar refractivity (Wildman–Crippen MR) is 72.1 cm³/mol. The van der Waals surface area contributed by atoms with Crippen molar-refractivity contribution in [3.8, 4) is 5.75 Å². The first kappa shape index (κ1) is 15.5. The second kappa shape index (κ2) is 6.54. The van der Waals surface area contributed by atoms with Crippen molar-refractivity contribution in [1.29, 1.82) is 0 Å². The lowest BCUT2D eigenvalue weighted by molar-refractivity contribution is -0.160. The third-order valence-electron chi connectivity index (χ3n) is 2.99. The van der Waals surface area contributed by atoms with Crippen molar-refractivity contribution in [3.05, 3.63) is 29.8 Å². The highest BCUT2D eigenvalue weighted by Crippen LogP contribution is 2.17. The summed E-state index contributed by atoms with van der Waals surface area (Å²) in [5, 5.41) is 13.0. The van der Waals surface area contributed by atoms with Crippen molar-refractivity contribution in [2.45, 2.75) is 25.5 Å². The van der Waals surface area contributed by atoms with Gasteiger partial charge in [0.15, 0.2) is 5.60 Å². The van der Waals surface area contributed by atoms with Crippen molar-refractivity contribution in [2.24, 2.45) is 0 Å². The zero-order valence-electron chi connectivity index (χ0n) is 11.8. The van der Waals surface area contributed by atoms with Gasteiger partial charge in [-0.2, -0.15) is 0 Å². The summed E-state index contributed by atoms with van der Waals surface area (Å²) in [7, 11) is 2.87. The van der Waals surface area contributed by atoms with Crippen LogP contribution >= 0.6 is 0 Å². The van der Waals surface area contributed by atoms with Crippen LogP contribution in [0.5, 0.6) is 5.75 Å². The number of hydrogen-bond donors (Lipinski definition) is 2. The van der Waals surface area contributed by atoms with E-state index in [-0.39, 0.29) is 12.6 Å². The van der Waals surface area contributed by atoms with Crippen LogP contribution in [-0.4, -0.2) is 37.4 Å². The Labute approximate surface area is 113 Å². The van der Waals surface area contributed by atoms with Crippen LogP contribution in [0.3, 0.4) is 0 Å². The molecule has 0 saturated heterocycles. The predicted octanol–water partition coefficient (Wildman–Crippen LogP) is 1.27. The number of benzene rings is 1. The highest BCUT2D eigenvalue weighted by atomic mass is 16.5. The molecule has 1 aromatic carbocycles. The van der Waals surface area contributed by atoms with Crippen molar-refractivity contribution in [1.82, 2.24) is 5.32 Å². The molecule has 0 aliphatic carbocycles. The molecule has 0 radical (unpaired) electrons. The van der Waals surface area contributed by atoms with E-state index in [1.807, 2.05) is 31.2 Å². The third kappa shape index (κ3) is 4.22. The van der Waals surface area contributed by atoms with Gasteiger partial charge in [0, 0.05) is 12.6 Å². The van der Waals surface area contributed by atoms with Crippen molar-refractivity contribution < 1.29 is 19.4 Å². The quantitative estimate of drug-likeness (QED) is 0.760. The third-order valence-corrected chi connectivity index (χ3v) is 2.99. The van der Waals surface area contributed by atoms with Gasteiger partial charge in [0.25, 0.3) is 0 Å². The molecule has 0 bridgehead atoms. The Morgan fingerprint density at radius 2 is 1.95 bits per heavy atom.